The van der Waals surface area contributed by atoms with Crippen molar-refractivity contribution in [3.05, 3.63) is 106 Å². The molecule has 0 amide bonds. The van der Waals surface area contributed by atoms with Crippen LogP contribution in [0, 0.1) is 0 Å². The standard InChI is InChI=1S/C24H18O/c1-3-11-19-17(8-1)9-2-4-13-21(19)22-14-7-10-18-16-24(22)25-23-15-6-5-12-20(18)23/h2,5-7,9-10,12-15H,1,3,8,11H2. The molecule has 1 aromatic carbocycles. The van der Waals surface area contributed by atoms with Gasteiger partial charge in [-0.05, 0) is 78.8 Å². The Balaban J connectivity index is 1.69. The summed E-state index contributed by atoms with van der Waals surface area (Å²) in [6.45, 7) is 0. The van der Waals surface area contributed by atoms with Gasteiger partial charge in [0.25, 0.3) is 0 Å². The third-order valence-corrected chi connectivity index (χ3v) is 5.14. The van der Waals surface area contributed by atoms with Gasteiger partial charge in [-0.2, -0.15) is 0 Å². The number of rotatable bonds is 1. The second-order valence-corrected chi connectivity index (χ2v) is 6.67. The Morgan fingerprint density at radius 1 is 1.00 bits per heavy atom. The number of benzene rings is 1. The molecule has 120 valence electrons. The first-order valence-electron chi connectivity index (χ1n) is 8.92. The van der Waals surface area contributed by atoms with Crippen molar-refractivity contribution in [2.75, 3.05) is 0 Å². The second-order valence-electron chi connectivity index (χ2n) is 6.67. The van der Waals surface area contributed by atoms with Crippen molar-refractivity contribution in [3.8, 4) is 5.75 Å². The van der Waals surface area contributed by atoms with Crippen LogP contribution in [0.2, 0.25) is 0 Å². The minimum Gasteiger partial charge on any atom is -0.448 e. The van der Waals surface area contributed by atoms with Gasteiger partial charge in [0, 0.05) is 16.7 Å². The van der Waals surface area contributed by atoms with Crippen molar-refractivity contribution in [2.45, 2.75) is 25.7 Å². The second kappa shape index (κ2) is 5.83. The van der Waals surface area contributed by atoms with Crippen LogP contribution in [0.1, 0.15) is 31.2 Å². The molecule has 0 atom stereocenters. The molecular formula is C24H18O. The lowest BCUT2D eigenvalue weighted by atomic mass is 9.84. The van der Waals surface area contributed by atoms with E-state index in [1.807, 2.05) is 24.3 Å². The highest BCUT2D eigenvalue weighted by molar-refractivity contribution is 5.81. The van der Waals surface area contributed by atoms with Crippen molar-refractivity contribution in [3.63, 3.8) is 0 Å². The SMILES string of the molecule is C1=CC=C2CCCCC2=C(C2=CC=CC3=C=C2Oc2ccccc23)C=1. The molecule has 0 unspecified atom stereocenters. The number of hydrogen-bond donors (Lipinski definition) is 0. The zero-order valence-corrected chi connectivity index (χ0v) is 14.0. The van der Waals surface area contributed by atoms with Crippen LogP contribution in [0.4, 0.5) is 0 Å². The van der Waals surface area contributed by atoms with Gasteiger partial charge < -0.3 is 4.74 Å². The normalized spacial score (nSPS) is 20.3. The maximum Gasteiger partial charge on any atom is 0.178 e. The minimum atomic E-state index is 0.811. The highest BCUT2D eigenvalue weighted by atomic mass is 16.5. The molecule has 1 heterocycles. The van der Waals surface area contributed by atoms with E-state index >= 15 is 0 Å². The van der Waals surface area contributed by atoms with Gasteiger partial charge in [0.2, 0.25) is 0 Å². The molecule has 4 aliphatic rings. The van der Waals surface area contributed by atoms with Gasteiger partial charge in [-0.1, -0.05) is 30.0 Å². The van der Waals surface area contributed by atoms with E-state index in [2.05, 4.69) is 47.9 Å². The topological polar surface area (TPSA) is 9.23 Å². The Morgan fingerprint density at radius 2 is 1.92 bits per heavy atom. The number of hydrogen-bond acceptors (Lipinski definition) is 1. The summed E-state index contributed by atoms with van der Waals surface area (Å²) in [6.07, 6.45) is 17.5. The number of fused-ring (bicyclic) bond motifs is 3. The predicted octanol–water partition coefficient (Wildman–Crippen LogP) is 5.96. The van der Waals surface area contributed by atoms with Gasteiger partial charge >= 0.3 is 0 Å². The van der Waals surface area contributed by atoms with Crippen molar-refractivity contribution in [1.29, 1.82) is 0 Å². The van der Waals surface area contributed by atoms with E-state index < -0.39 is 0 Å². The average Bonchev–Trinajstić information content (AvgIpc) is 2.96. The van der Waals surface area contributed by atoms with Crippen LogP contribution in [0.5, 0.6) is 5.75 Å². The quantitative estimate of drug-likeness (QED) is 0.579. The summed E-state index contributed by atoms with van der Waals surface area (Å²) in [5.74, 6) is 1.72. The van der Waals surface area contributed by atoms with E-state index in [1.54, 1.807) is 0 Å². The first kappa shape index (κ1) is 14.4. The predicted molar refractivity (Wildman–Crippen MR) is 101 cm³/mol. The number of para-hydroxylation sites is 1. The Morgan fingerprint density at radius 3 is 2.92 bits per heavy atom. The first-order valence-corrected chi connectivity index (χ1v) is 8.92. The van der Waals surface area contributed by atoms with Crippen molar-refractivity contribution in [2.24, 2.45) is 0 Å². The van der Waals surface area contributed by atoms with Crippen LogP contribution in [-0.4, -0.2) is 0 Å². The molecule has 1 heteroatoms. The molecule has 5 rings (SSSR count). The maximum absolute atomic E-state index is 6.23. The lowest BCUT2D eigenvalue weighted by molar-refractivity contribution is 0.435. The molecule has 2 bridgehead atoms. The highest BCUT2D eigenvalue weighted by Crippen LogP contribution is 2.40. The van der Waals surface area contributed by atoms with E-state index in [4.69, 9.17) is 4.74 Å². The molecule has 1 saturated carbocycles. The van der Waals surface area contributed by atoms with Crippen LogP contribution in [0.3, 0.4) is 0 Å². The molecule has 0 radical (unpaired) electrons. The third kappa shape index (κ3) is 2.42. The number of allylic oxidation sites excluding steroid dienone is 8. The van der Waals surface area contributed by atoms with Crippen molar-refractivity contribution >= 4 is 5.57 Å². The van der Waals surface area contributed by atoms with Crippen LogP contribution in [-0.2, 0) is 0 Å². The summed E-state index contributed by atoms with van der Waals surface area (Å²) in [6, 6.07) is 8.17. The van der Waals surface area contributed by atoms with Gasteiger partial charge in [-0.15, -0.1) is 5.73 Å². The summed E-state index contributed by atoms with van der Waals surface area (Å²) in [5, 5.41) is 0. The van der Waals surface area contributed by atoms with Crippen molar-refractivity contribution < 1.29 is 4.74 Å². The fraction of sp³-hybridized carbons (Fsp3) is 0.167. The largest absolute Gasteiger partial charge is 0.448 e. The molecular weight excluding hydrogens is 304 g/mol. The van der Waals surface area contributed by atoms with E-state index in [0.717, 1.165) is 41.1 Å². The number of ether oxygens (including phenoxy) is 1. The van der Waals surface area contributed by atoms with E-state index in [1.165, 1.54) is 29.6 Å². The van der Waals surface area contributed by atoms with E-state index in [9.17, 15) is 0 Å². The Kier molecular flexibility index (Phi) is 3.35. The Labute approximate surface area is 148 Å². The smallest absolute Gasteiger partial charge is 0.178 e. The summed E-state index contributed by atoms with van der Waals surface area (Å²) in [4.78, 5) is 0. The molecule has 1 nitrogen and oxygen atoms in total. The fourth-order valence-corrected chi connectivity index (χ4v) is 3.91. The van der Waals surface area contributed by atoms with Gasteiger partial charge in [-0.3, -0.25) is 0 Å². The van der Waals surface area contributed by atoms with Gasteiger partial charge in [0.15, 0.2) is 5.76 Å². The lowest BCUT2D eigenvalue weighted by Gasteiger charge is -2.23. The fourth-order valence-electron chi connectivity index (χ4n) is 3.91. The zero-order chi connectivity index (χ0) is 16.6. The van der Waals surface area contributed by atoms with Crippen molar-refractivity contribution in [1.82, 2.24) is 0 Å². The summed E-state index contributed by atoms with van der Waals surface area (Å²) in [7, 11) is 0. The molecule has 0 spiro atoms. The monoisotopic (exact) mass is 322 g/mol. The van der Waals surface area contributed by atoms with Crippen LogP contribution in [0.25, 0.3) is 5.57 Å². The highest BCUT2D eigenvalue weighted by Gasteiger charge is 2.24. The third-order valence-electron chi connectivity index (χ3n) is 5.14. The first-order chi connectivity index (χ1) is 12.4. The summed E-state index contributed by atoms with van der Waals surface area (Å²) in [5.41, 5.74) is 14.2. The van der Waals surface area contributed by atoms with Crippen LogP contribution in [0.15, 0.2) is 100 Å². The molecule has 25 heavy (non-hydrogen) atoms. The van der Waals surface area contributed by atoms with E-state index in [-0.39, 0.29) is 0 Å². The molecule has 0 aromatic heterocycles. The minimum absolute atomic E-state index is 0.811. The van der Waals surface area contributed by atoms with Gasteiger partial charge in [0.1, 0.15) is 5.75 Å². The molecule has 3 aliphatic carbocycles. The van der Waals surface area contributed by atoms with E-state index in [0.29, 0.717) is 0 Å². The van der Waals surface area contributed by atoms with Crippen LogP contribution < -0.4 is 4.74 Å². The molecule has 1 aliphatic heterocycles. The molecule has 1 aromatic rings. The Hall–Kier alpha value is -2.98. The zero-order valence-electron chi connectivity index (χ0n) is 14.0. The lowest BCUT2D eigenvalue weighted by Crippen LogP contribution is -2.08. The molecule has 1 fully saturated rings. The summed E-state index contributed by atoms with van der Waals surface area (Å²) < 4.78 is 6.23. The van der Waals surface area contributed by atoms with Gasteiger partial charge in [-0.25, -0.2) is 0 Å². The van der Waals surface area contributed by atoms with Crippen LogP contribution >= 0.6 is 0 Å². The molecule has 0 saturated heterocycles. The summed E-state index contributed by atoms with van der Waals surface area (Å²) >= 11 is 0. The maximum atomic E-state index is 6.23. The molecule has 0 N–H and O–H groups in total. The Bertz CT molecular complexity index is 1020. The average molecular weight is 322 g/mol. The van der Waals surface area contributed by atoms with Gasteiger partial charge in [0.05, 0.1) is 0 Å².